The van der Waals surface area contributed by atoms with E-state index in [9.17, 15) is 14.7 Å². The van der Waals surface area contributed by atoms with Gasteiger partial charge in [-0.1, -0.05) is 48.0 Å². The van der Waals surface area contributed by atoms with Crippen LogP contribution in [-0.2, 0) is 11.3 Å². The molecule has 0 aromatic heterocycles. The largest absolute Gasteiger partial charge is 0.478 e. The number of carbonyl (C=O) groups is 2. The van der Waals surface area contributed by atoms with E-state index >= 15 is 0 Å². The molecule has 256 valence electrons. The zero-order valence-electron chi connectivity index (χ0n) is 28.3. The quantitative estimate of drug-likeness (QED) is 0.201. The van der Waals surface area contributed by atoms with Crippen LogP contribution in [0, 0.1) is 0 Å². The molecule has 0 unspecified atom stereocenters. The molecule has 2 aliphatic rings. The predicted molar refractivity (Wildman–Crippen MR) is 194 cm³/mol. The van der Waals surface area contributed by atoms with Crippen molar-refractivity contribution >= 4 is 35.0 Å². The number of ether oxygens (including phenoxy) is 2. The van der Waals surface area contributed by atoms with Crippen molar-refractivity contribution in [3.63, 3.8) is 0 Å². The maximum atomic E-state index is 12.4. The number of nitrogens with zero attached hydrogens (tertiary/aromatic N) is 4. The minimum Gasteiger partial charge on any atom is -0.478 e. The highest BCUT2D eigenvalue weighted by Crippen LogP contribution is 2.33. The van der Waals surface area contributed by atoms with Crippen molar-refractivity contribution in [3.8, 4) is 22.6 Å². The summed E-state index contributed by atoms with van der Waals surface area (Å²) >= 11 is 6.13. The lowest BCUT2D eigenvalue weighted by Gasteiger charge is -2.36. The second-order valence-corrected chi connectivity index (χ2v) is 13.9. The number of anilines is 2. The van der Waals surface area contributed by atoms with Crippen molar-refractivity contribution in [2.75, 3.05) is 62.2 Å². The molecule has 10 heteroatoms. The van der Waals surface area contributed by atoms with Gasteiger partial charge in [0.1, 0.15) is 22.7 Å². The van der Waals surface area contributed by atoms with Gasteiger partial charge in [-0.2, -0.15) is 0 Å². The van der Waals surface area contributed by atoms with Crippen LogP contribution >= 0.6 is 11.6 Å². The summed E-state index contributed by atoms with van der Waals surface area (Å²) in [6, 6.07) is 29.4. The van der Waals surface area contributed by atoms with Crippen molar-refractivity contribution in [3.05, 3.63) is 107 Å². The summed E-state index contributed by atoms with van der Waals surface area (Å²) in [5.74, 6) is -0.173. The Morgan fingerprint density at radius 1 is 0.755 bits per heavy atom. The fourth-order valence-corrected chi connectivity index (χ4v) is 6.39. The maximum Gasteiger partial charge on any atom is 0.410 e. The molecule has 0 radical (unpaired) electrons. The lowest BCUT2D eigenvalue weighted by molar-refractivity contribution is 0.0240. The molecule has 0 aliphatic carbocycles. The molecule has 2 fully saturated rings. The van der Waals surface area contributed by atoms with Crippen molar-refractivity contribution in [2.24, 2.45) is 0 Å². The Bertz CT molecular complexity index is 1760. The van der Waals surface area contributed by atoms with Gasteiger partial charge in [0.15, 0.2) is 0 Å². The van der Waals surface area contributed by atoms with E-state index in [1.165, 1.54) is 11.1 Å². The van der Waals surface area contributed by atoms with Crippen LogP contribution in [0.4, 0.5) is 16.2 Å². The maximum absolute atomic E-state index is 12.4. The first-order valence-electron chi connectivity index (χ1n) is 16.7. The number of rotatable bonds is 8. The average molecular weight is 683 g/mol. The van der Waals surface area contributed by atoms with Gasteiger partial charge in [-0.3, -0.25) is 4.90 Å². The van der Waals surface area contributed by atoms with Crippen LogP contribution in [0.25, 0.3) is 11.1 Å². The Labute approximate surface area is 293 Å². The summed E-state index contributed by atoms with van der Waals surface area (Å²) in [4.78, 5) is 33.2. The van der Waals surface area contributed by atoms with Crippen molar-refractivity contribution in [1.29, 1.82) is 0 Å². The third kappa shape index (κ3) is 8.66. The normalized spacial score (nSPS) is 15.6. The van der Waals surface area contributed by atoms with Gasteiger partial charge < -0.3 is 29.3 Å². The number of hydrogen-bond donors (Lipinski definition) is 1. The van der Waals surface area contributed by atoms with Crippen molar-refractivity contribution in [1.82, 2.24) is 9.80 Å². The van der Waals surface area contributed by atoms with Crippen LogP contribution < -0.4 is 14.5 Å². The number of aromatic carboxylic acids is 1. The number of carboxylic acids is 1. The van der Waals surface area contributed by atoms with Gasteiger partial charge in [0, 0.05) is 81.4 Å². The SMILES string of the molecule is CC(C)(C)OC(=O)N1CCN(c2ccc(Oc3cc(N4CCN(Cc5ccccc5-c5ccc(Cl)cc5)CC4)ccc3C(=O)O)cc2)CC1. The lowest BCUT2D eigenvalue weighted by Crippen LogP contribution is -2.50. The molecular formula is C39H43ClN4O5. The molecule has 2 saturated heterocycles. The van der Waals surface area contributed by atoms with Crippen LogP contribution in [0.5, 0.6) is 11.5 Å². The number of hydrogen-bond acceptors (Lipinski definition) is 7. The molecular weight excluding hydrogens is 640 g/mol. The van der Waals surface area contributed by atoms with Crippen molar-refractivity contribution < 1.29 is 24.2 Å². The van der Waals surface area contributed by atoms with Gasteiger partial charge in [-0.25, -0.2) is 9.59 Å². The van der Waals surface area contributed by atoms with E-state index in [4.69, 9.17) is 21.1 Å². The zero-order valence-corrected chi connectivity index (χ0v) is 29.0. The number of benzene rings is 4. The number of amides is 1. The standard InChI is InChI=1S/C39H43ClN4O5/c1-39(2,3)49-38(47)44-24-22-42(23-25-44)31-12-15-33(16-13-31)48-36-26-32(14-17-35(36)37(45)46)43-20-18-41(19-21-43)27-29-6-4-5-7-34(29)28-8-10-30(40)11-9-28/h4-17,26H,18-25,27H2,1-3H3,(H,45,46). The zero-order chi connectivity index (χ0) is 34.5. The van der Waals surface area contributed by atoms with Gasteiger partial charge in [-0.15, -0.1) is 0 Å². The fraction of sp³-hybridized carbons (Fsp3) is 0.333. The molecule has 2 aliphatic heterocycles. The molecule has 1 N–H and O–H groups in total. The van der Waals surface area contributed by atoms with Crippen molar-refractivity contribution in [2.45, 2.75) is 32.9 Å². The lowest BCUT2D eigenvalue weighted by atomic mass is 9.99. The van der Waals surface area contributed by atoms with Crippen LogP contribution in [0.15, 0.2) is 91.0 Å². The molecule has 9 nitrogen and oxygen atoms in total. The molecule has 0 saturated carbocycles. The first kappa shape index (κ1) is 34.1. The van der Waals surface area contributed by atoms with E-state index in [2.05, 4.69) is 51.1 Å². The van der Waals surface area contributed by atoms with Gasteiger partial charge in [0.05, 0.1) is 0 Å². The van der Waals surface area contributed by atoms with Crippen LogP contribution in [0.1, 0.15) is 36.7 Å². The Morgan fingerprint density at radius 3 is 2.02 bits per heavy atom. The summed E-state index contributed by atoms with van der Waals surface area (Å²) in [6.07, 6.45) is -0.287. The van der Waals surface area contributed by atoms with Gasteiger partial charge in [0.2, 0.25) is 0 Å². The third-order valence-electron chi connectivity index (χ3n) is 8.86. The van der Waals surface area contributed by atoms with E-state index in [0.29, 0.717) is 37.7 Å². The Balaban J connectivity index is 1.07. The fourth-order valence-electron chi connectivity index (χ4n) is 6.27. The minimum atomic E-state index is -1.04. The molecule has 0 atom stereocenters. The van der Waals surface area contributed by atoms with E-state index in [1.807, 2.05) is 69.3 Å². The Morgan fingerprint density at radius 2 is 1.37 bits per heavy atom. The summed E-state index contributed by atoms with van der Waals surface area (Å²) < 4.78 is 11.7. The molecule has 4 aromatic carbocycles. The smallest absolute Gasteiger partial charge is 0.410 e. The highest BCUT2D eigenvalue weighted by atomic mass is 35.5. The van der Waals surface area contributed by atoms with E-state index in [0.717, 1.165) is 54.7 Å². The second-order valence-electron chi connectivity index (χ2n) is 13.5. The number of piperazine rings is 2. The summed E-state index contributed by atoms with van der Waals surface area (Å²) in [5, 5.41) is 10.7. The van der Waals surface area contributed by atoms with E-state index in [-0.39, 0.29) is 11.7 Å². The molecule has 4 aromatic rings. The van der Waals surface area contributed by atoms with E-state index in [1.54, 1.807) is 11.0 Å². The number of halogens is 1. The minimum absolute atomic E-state index is 0.114. The van der Waals surface area contributed by atoms with Crippen LogP contribution in [0.2, 0.25) is 5.02 Å². The average Bonchev–Trinajstić information content (AvgIpc) is 3.09. The van der Waals surface area contributed by atoms with E-state index < -0.39 is 11.6 Å². The first-order valence-corrected chi connectivity index (χ1v) is 17.1. The number of carboxylic acid groups (broad SMARTS) is 1. The molecule has 1 amide bonds. The summed E-state index contributed by atoms with van der Waals surface area (Å²) in [5.41, 5.74) is 5.17. The highest BCUT2D eigenvalue weighted by Gasteiger charge is 2.26. The molecule has 6 rings (SSSR count). The first-order chi connectivity index (χ1) is 23.5. The van der Waals surface area contributed by atoms with Crippen LogP contribution in [0.3, 0.4) is 0 Å². The second kappa shape index (κ2) is 14.8. The highest BCUT2D eigenvalue weighted by molar-refractivity contribution is 6.30. The Hall–Kier alpha value is -4.73. The summed E-state index contributed by atoms with van der Waals surface area (Å²) in [7, 11) is 0. The molecule has 49 heavy (non-hydrogen) atoms. The molecule has 2 heterocycles. The van der Waals surface area contributed by atoms with Crippen LogP contribution in [-0.4, -0.2) is 84.9 Å². The number of carbonyl (C=O) groups excluding carboxylic acids is 1. The van der Waals surface area contributed by atoms with Gasteiger partial charge in [0.25, 0.3) is 0 Å². The molecule has 0 spiro atoms. The third-order valence-corrected chi connectivity index (χ3v) is 9.11. The topological polar surface area (TPSA) is 85.8 Å². The molecule has 0 bridgehead atoms. The van der Waals surface area contributed by atoms with Gasteiger partial charge >= 0.3 is 12.1 Å². The summed E-state index contributed by atoms with van der Waals surface area (Å²) in [6.45, 7) is 12.3. The predicted octanol–water partition coefficient (Wildman–Crippen LogP) is 7.88. The van der Waals surface area contributed by atoms with Gasteiger partial charge in [-0.05, 0) is 86.0 Å². The monoisotopic (exact) mass is 682 g/mol. The Kier molecular flexibility index (Phi) is 10.3.